The van der Waals surface area contributed by atoms with Crippen LogP contribution in [0.5, 0.6) is 0 Å². The third kappa shape index (κ3) is 4.12. The Hall–Kier alpha value is -1.40. The largest absolute Gasteiger partial charge is 0.481 e. The fourth-order valence-electron chi connectivity index (χ4n) is 1.88. The number of amides is 1. The van der Waals surface area contributed by atoms with Crippen LogP contribution >= 0.6 is 0 Å². The van der Waals surface area contributed by atoms with Crippen LogP contribution in [0.2, 0.25) is 0 Å². The van der Waals surface area contributed by atoms with Crippen molar-refractivity contribution in [2.24, 2.45) is 5.92 Å². The van der Waals surface area contributed by atoms with Crippen LogP contribution in [0.3, 0.4) is 0 Å². The zero-order chi connectivity index (χ0) is 14.1. The molecule has 0 aliphatic heterocycles. The minimum atomic E-state index is -3.07. The lowest BCUT2D eigenvalue weighted by molar-refractivity contribution is -0.143. The zero-order valence-corrected chi connectivity index (χ0v) is 10.5. The lowest BCUT2D eigenvalue weighted by Crippen LogP contribution is -2.43. The Morgan fingerprint density at radius 3 is 2.33 bits per heavy atom. The monoisotopic (exact) mass is 265 g/mol. The van der Waals surface area contributed by atoms with Crippen molar-refractivity contribution in [3.63, 3.8) is 0 Å². The molecule has 1 aliphatic rings. The van der Waals surface area contributed by atoms with Crippen molar-refractivity contribution >= 4 is 12.1 Å². The SMILES string of the molecule is CC(C)(C)OC(=O)NC1CC(F)(F)C[C@H]1C(=O)O. The second kappa shape index (κ2) is 4.70. The van der Waals surface area contributed by atoms with Gasteiger partial charge in [-0.2, -0.15) is 0 Å². The summed E-state index contributed by atoms with van der Waals surface area (Å²) in [5.41, 5.74) is -0.760. The molecule has 1 unspecified atom stereocenters. The number of carbonyl (C=O) groups excluding carboxylic acids is 1. The molecular formula is C11H17F2NO4. The number of nitrogens with one attached hydrogen (secondary N) is 1. The van der Waals surface area contributed by atoms with E-state index in [-0.39, 0.29) is 0 Å². The van der Waals surface area contributed by atoms with Crippen molar-refractivity contribution in [2.45, 2.75) is 51.2 Å². The van der Waals surface area contributed by atoms with Gasteiger partial charge in [0.25, 0.3) is 5.92 Å². The van der Waals surface area contributed by atoms with Gasteiger partial charge in [-0.25, -0.2) is 13.6 Å². The summed E-state index contributed by atoms with van der Waals surface area (Å²) in [5, 5.41) is 11.0. The van der Waals surface area contributed by atoms with Crippen LogP contribution in [0.1, 0.15) is 33.6 Å². The molecular weight excluding hydrogens is 248 g/mol. The van der Waals surface area contributed by atoms with Crippen molar-refractivity contribution in [1.82, 2.24) is 5.32 Å². The van der Waals surface area contributed by atoms with Crippen LogP contribution in [0.15, 0.2) is 0 Å². The van der Waals surface area contributed by atoms with Gasteiger partial charge in [0.1, 0.15) is 5.60 Å². The normalized spacial score (nSPS) is 26.7. The molecule has 0 heterocycles. The number of alkyl carbamates (subject to hydrolysis) is 1. The Morgan fingerprint density at radius 2 is 1.89 bits per heavy atom. The van der Waals surface area contributed by atoms with Gasteiger partial charge in [-0.05, 0) is 20.8 Å². The topological polar surface area (TPSA) is 75.6 Å². The van der Waals surface area contributed by atoms with Crippen molar-refractivity contribution < 1.29 is 28.2 Å². The Bertz CT molecular complexity index is 351. The molecule has 0 spiro atoms. The third-order valence-electron chi connectivity index (χ3n) is 2.54. The molecule has 0 saturated heterocycles. The van der Waals surface area contributed by atoms with Crippen LogP contribution in [0.25, 0.3) is 0 Å². The summed E-state index contributed by atoms with van der Waals surface area (Å²) < 4.78 is 31.2. The van der Waals surface area contributed by atoms with E-state index in [2.05, 4.69) is 5.32 Å². The molecule has 1 rings (SSSR count). The van der Waals surface area contributed by atoms with Gasteiger partial charge in [0.05, 0.1) is 12.0 Å². The second-order valence-electron chi connectivity index (χ2n) is 5.46. The van der Waals surface area contributed by atoms with Crippen LogP contribution in [0, 0.1) is 5.92 Å². The Balaban J connectivity index is 2.65. The lowest BCUT2D eigenvalue weighted by atomic mass is 10.0. The average molecular weight is 265 g/mol. The summed E-state index contributed by atoms with van der Waals surface area (Å²) in [4.78, 5) is 22.3. The minimum absolute atomic E-state index is 0.677. The lowest BCUT2D eigenvalue weighted by Gasteiger charge is -2.23. The van der Waals surface area contributed by atoms with E-state index in [1.54, 1.807) is 20.8 Å². The number of carboxylic acids is 1. The molecule has 0 aromatic carbocycles. The fraction of sp³-hybridized carbons (Fsp3) is 0.818. The van der Waals surface area contributed by atoms with Gasteiger partial charge in [-0.3, -0.25) is 4.79 Å². The Labute approximate surface area is 103 Å². The molecule has 18 heavy (non-hydrogen) atoms. The first-order valence-electron chi connectivity index (χ1n) is 5.60. The number of aliphatic carboxylic acids is 1. The number of alkyl halides is 2. The predicted octanol–water partition coefficient (Wildman–Crippen LogP) is 2.01. The maximum absolute atomic E-state index is 13.1. The zero-order valence-electron chi connectivity index (χ0n) is 10.5. The molecule has 1 saturated carbocycles. The summed E-state index contributed by atoms with van der Waals surface area (Å²) in [6.45, 7) is 4.89. The number of rotatable bonds is 2. The number of carboxylic acid groups (broad SMARTS) is 1. The fourth-order valence-corrected chi connectivity index (χ4v) is 1.88. The van der Waals surface area contributed by atoms with E-state index in [1.807, 2.05) is 0 Å². The standard InChI is InChI=1S/C11H17F2NO4/c1-10(2,3)18-9(17)14-7-5-11(12,13)4-6(7)8(15)16/h6-7H,4-5H2,1-3H3,(H,14,17)(H,15,16)/t6-,7?/m1/s1. The van der Waals surface area contributed by atoms with E-state index in [0.717, 1.165) is 0 Å². The Kier molecular flexibility index (Phi) is 3.83. The van der Waals surface area contributed by atoms with E-state index < -0.39 is 48.4 Å². The van der Waals surface area contributed by atoms with Crippen molar-refractivity contribution in [3.05, 3.63) is 0 Å². The highest BCUT2D eigenvalue weighted by molar-refractivity contribution is 5.74. The second-order valence-corrected chi connectivity index (χ2v) is 5.46. The molecule has 104 valence electrons. The maximum Gasteiger partial charge on any atom is 0.407 e. The molecule has 2 N–H and O–H groups in total. The van der Waals surface area contributed by atoms with Gasteiger partial charge in [-0.1, -0.05) is 0 Å². The van der Waals surface area contributed by atoms with Crippen LogP contribution in [-0.4, -0.2) is 34.7 Å². The highest BCUT2D eigenvalue weighted by Gasteiger charge is 2.50. The van der Waals surface area contributed by atoms with E-state index in [1.165, 1.54) is 0 Å². The van der Waals surface area contributed by atoms with Crippen molar-refractivity contribution in [1.29, 1.82) is 0 Å². The molecule has 0 bridgehead atoms. The third-order valence-corrected chi connectivity index (χ3v) is 2.54. The molecule has 0 aromatic rings. The van der Waals surface area contributed by atoms with Gasteiger partial charge in [0, 0.05) is 12.8 Å². The number of carbonyl (C=O) groups is 2. The van der Waals surface area contributed by atoms with Gasteiger partial charge in [0.15, 0.2) is 0 Å². The maximum atomic E-state index is 13.1. The van der Waals surface area contributed by atoms with Crippen LogP contribution in [0.4, 0.5) is 13.6 Å². The first-order valence-corrected chi connectivity index (χ1v) is 5.60. The van der Waals surface area contributed by atoms with E-state index >= 15 is 0 Å². The minimum Gasteiger partial charge on any atom is -0.481 e. The first-order chi connectivity index (χ1) is 8.00. The first kappa shape index (κ1) is 14.7. The number of hydrogen-bond acceptors (Lipinski definition) is 3. The number of halogens is 2. The summed E-state index contributed by atoms with van der Waals surface area (Å²) in [7, 11) is 0. The smallest absolute Gasteiger partial charge is 0.407 e. The Morgan fingerprint density at radius 1 is 1.33 bits per heavy atom. The summed E-state index contributed by atoms with van der Waals surface area (Å²) in [6, 6.07) is -1.10. The molecule has 1 amide bonds. The van der Waals surface area contributed by atoms with Crippen LogP contribution in [-0.2, 0) is 9.53 Å². The van der Waals surface area contributed by atoms with E-state index in [4.69, 9.17) is 9.84 Å². The van der Waals surface area contributed by atoms with Gasteiger partial charge in [-0.15, -0.1) is 0 Å². The molecule has 1 aliphatic carbocycles. The molecule has 1 fully saturated rings. The van der Waals surface area contributed by atoms with Crippen molar-refractivity contribution in [2.75, 3.05) is 0 Å². The average Bonchev–Trinajstić information content (AvgIpc) is 2.37. The summed E-state index contributed by atoms with van der Waals surface area (Å²) in [6.07, 6.45) is -2.32. The molecule has 0 aromatic heterocycles. The van der Waals surface area contributed by atoms with Crippen molar-refractivity contribution in [3.8, 4) is 0 Å². The molecule has 0 radical (unpaired) electrons. The number of ether oxygens (including phenoxy) is 1. The van der Waals surface area contributed by atoms with Gasteiger partial charge < -0.3 is 15.2 Å². The summed E-state index contributed by atoms with van der Waals surface area (Å²) >= 11 is 0. The quantitative estimate of drug-likeness (QED) is 0.800. The van der Waals surface area contributed by atoms with E-state index in [0.29, 0.717) is 0 Å². The van der Waals surface area contributed by atoms with E-state index in [9.17, 15) is 18.4 Å². The predicted molar refractivity (Wildman–Crippen MR) is 58.5 cm³/mol. The molecule has 7 heteroatoms. The molecule has 5 nitrogen and oxygen atoms in total. The van der Waals surface area contributed by atoms with Gasteiger partial charge in [0.2, 0.25) is 0 Å². The molecule has 2 atom stereocenters. The van der Waals surface area contributed by atoms with Gasteiger partial charge >= 0.3 is 12.1 Å². The highest BCUT2D eigenvalue weighted by Crippen LogP contribution is 2.39. The van der Waals surface area contributed by atoms with Crippen LogP contribution < -0.4 is 5.32 Å². The highest BCUT2D eigenvalue weighted by atomic mass is 19.3. The summed E-state index contributed by atoms with van der Waals surface area (Å²) in [5.74, 6) is -5.69. The number of hydrogen-bond donors (Lipinski definition) is 2.